The molecule has 1 aromatic rings. The van der Waals surface area contributed by atoms with E-state index in [0.29, 0.717) is 6.04 Å². The van der Waals surface area contributed by atoms with E-state index >= 15 is 0 Å². The molecule has 1 aliphatic rings. The molecule has 1 fully saturated rings. The van der Waals surface area contributed by atoms with Crippen LogP contribution in [0.25, 0.3) is 0 Å². The van der Waals surface area contributed by atoms with E-state index in [1.807, 2.05) is 13.8 Å². The minimum absolute atomic E-state index is 0.132. The van der Waals surface area contributed by atoms with Crippen molar-refractivity contribution in [1.82, 2.24) is 14.9 Å². The number of rotatable bonds is 4. The molecule has 2 rings (SSSR count). The van der Waals surface area contributed by atoms with Gasteiger partial charge in [0.05, 0.1) is 10.2 Å². The summed E-state index contributed by atoms with van der Waals surface area (Å²) in [6.45, 7) is 5.72. The Morgan fingerprint density at radius 1 is 1.50 bits per heavy atom. The molecule has 1 saturated heterocycles. The Morgan fingerprint density at radius 3 is 2.94 bits per heavy atom. The fourth-order valence-electron chi connectivity index (χ4n) is 2.54. The highest BCUT2D eigenvalue weighted by molar-refractivity contribution is 9.10. The van der Waals surface area contributed by atoms with E-state index in [1.165, 1.54) is 12.8 Å². The first-order chi connectivity index (χ1) is 8.59. The first-order valence-electron chi connectivity index (χ1n) is 6.56. The summed E-state index contributed by atoms with van der Waals surface area (Å²) < 4.78 is 2.72. The number of aromatic nitrogens is 2. The molecule has 0 aliphatic carbocycles. The van der Waals surface area contributed by atoms with Crippen LogP contribution < -0.4 is 11.0 Å². The molecular formula is C13H20BrN3O. The lowest BCUT2D eigenvalue weighted by Crippen LogP contribution is -2.28. The summed E-state index contributed by atoms with van der Waals surface area (Å²) in [7, 11) is 0. The lowest BCUT2D eigenvalue weighted by atomic mass is 10.1. The fraction of sp³-hybridized carbons (Fsp3) is 0.692. The third kappa shape index (κ3) is 3.01. The summed E-state index contributed by atoms with van der Waals surface area (Å²) in [4.78, 5) is 15.9. The maximum atomic E-state index is 11.9. The molecule has 5 heteroatoms. The van der Waals surface area contributed by atoms with Gasteiger partial charge in [0.2, 0.25) is 0 Å². The summed E-state index contributed by atoms with van der Waals surface area (Å²) in [5.41, 5.74) is 1.62. The molecule has 1 aromatic heterocycles. The predicted molar refractivity (Wildman–Crippen MR) is 75.9 cm³/mol. The van der Waals surface area contributed by atoms with E-state index in [-0.39, 0.29) is 5.69 Å². The molecule has 1 N–H and O–H groups in total. The quantitative estimate of drug-likeness (QED) is 0.926. The average molecular weight is 314 g/mol. The second kappa shape index (κ2) is 5.97. The fourth-order valence-corrected chi connectivity index (χ4v) is 2.84. The van der Waals surface area contributed by atoms with Crippen molar-refractivity contribution in [2.24, 2.45) is 0 Å². The summed E-state index contributed by atoms with van der Waals surface area (Å²) >= 11 is 3.49. The molecule has 100 valence electrons. The molecule has 0 saturated carbocycles. The van der Waals surface area contributed by atoms with Gasteiger partial charge in [-0.05, 0) is 62.0 Å². The van der Waals surface area contributed by atoms with Gasteiger partial charge in [-0.25, -0.2) is 4.79 Å². The van der Waals surface area contributed by atoms with E-state index < -0.39 is 0 Å². The largest absolute Gasteiger partial charge is 0.348 e. The van der Waals surface area contributed by atoms with Crippen LogP contribution in [0, 0.1) is 13.8 Å². The van der Waals surface area contributed by atoms with Crippen molar-refractivity contribution in [1.29, 1.82) is 0 Å². The van der Waals surface area contributed by atoms with Crippen LogP contribution in [-0.4, -0.2) is 22.1 Å². The highest BCUT2D eigenvalue weighted by Crippen LogP contribution is 2.17. The molecule has 0 bridgehead atoms. The normalized spacial score (nSPS) is 19.4. The van der Waals surface area contributed by atoms with Crippen molar-refractivity contribution in [3.05, 3.63) is 26.3 Å². The number of nitrogens with zero attached hydrogens (tertiary/aromatic N) is 2. The molecule has 0 amide bonds. The number of nitrogens with one attached hydrogen (secondary N) is 1. The van der Waals surface area contributed by atoms with Gasteiger partial charge in [-0.15, -0.1) is 0 Å². The first kappa shape index (κ1) is 13.7. The second-order valence-corrected chi connectivity index (χ2v) is 5.76. The summed E-state index contributed by atoms with van der Waals surface area (Å²) in [5.74, 6) is 0. The zero-order chi connectivity index (χ0) is 13.1. The minimum Gasteiger partial charge on any atom is -0.314 e. The van der Waals surface area contributed by atoms with Crippen LogP contribution in [0.5, 0.6) is 0 Å². The smallest absolute Gasteiger partial charge is 0.314 e. The zero-order valence-corrected chi connectivity index (χ0v) is 12.6. The van der Waals surface area contributed by atoms with E-state index in [1.54, 1.807) is 4.57 Å². The topological polar surface area (TPSA) is 46.9 Å². The van der Waals surface area contributed by atoms with Crippen molar-refractivity contribution in [3.63, 3.8) is 0 Å². The number of aryl methyl sites for hydroxylation is 1. The van der Waals surface area contributed by atoms with Gasteiger partial charge >= 0.3 is 5.69 Å². The Bertz CT molecular complexity index is 478. The third-order valence-electron chi connectivity index (χ3n) is 3.63. The van der Waals surface area contributed by atoms with Gasteiger partial charge in [0.1, 0.15) is 0 Å². The predicted octanol–water partition coefficient (Wildman–Crippen LogP) is 2.15. The first-order valence-corrected chi connectivity index (χ1v) is 7.36. The summed E-state index contributed by atoms with van der Waals surface area (Å²) in [5, 5.41) is 3.48. The van der Waals surface area contributed by atoms with Crippen molar-refractivity contribution in [2.75, 3.05) is 6.54 Å². The maximum Gasteiger partial charge on any atom is 0.348 e. The van der Waals surface area contributed by atoms with E-state index in [4.69, 9.17) is 0 Å². The molecular weight excluding hydrogens is 294 g/mol. The van der Waals surface area contributed by atoms with E-state index in [0.717, 1.165) is 41.8 Å². The SMILES string of the molecule is Cc1nc(=O)n(CCCC2CCCN2)c(C)c1Br. The van der Waals surface area contributed by atoms with E-state index in [9.17, 15) is 4.79 Å². The Balaban J connectivity index is 2.00. The third-order valence-corrected chi connectivity index (χ3v) is 4.78. The van der Waals surface area contributed by atoms with Gasteiger partial charge in [0.15, 0.2) is 0 Å². The highest BCUT2D eigenvalue weighted by atomic mass is 79.9. The maximum absolute atomic E-state index is 11.9. The molecule has 0 radical (unpaired) electrons. The minimum atomic E-state index is -0.132. The Hall–Kier alpha value is -0.680. The Labute approximate surface area is 116 Å². The van der Waals surface area contributed by atoms with Crippen LogP contribution in [0.3, 0.4) is 0 Å². The number of hydrogen-bond acceptors (Lipinski definition) is 3. The van der Waals surface area contributed by atoms with E-state index in [2.05, 4.69) is 26.2 Å². The van der Waals surface area contributed by atoms with Gasteiger partial charge in [-0.2, -0.15) is 4.98 Å². The Morgan fingerprint density at radius 2 is 2.28 bits per heavy atom. The molecule has 4 nitrogen and oxygen atoms in total. The van der Waals surface area contributed by atoms with Crippen LogP contribution in [0.15, 0.2) is 9.27 Å². The molecule has 18 heavy (non-hydrogen) atoms. The van der Waals surface area contributed by atoms with Gasteiger partial charge in [0.25, 0.3) is 0 Å². The standard InChI is InChI=1S/C13H20BrN3O/c1-9-12(14)10(2)17(13(18)16-9)8-4-6-11-5-3-7-15-11/h11,15H,3-8H2,1-2H3. The molecule has 2 heterocycles. The monoisotopic (exact) mass is 313 g/mol. The molecule has 1 unspecified atom stereocenters. The number of halogens is 1. The highest BCUT2D eigenvalue weighted by Gasteiger charge is 2.14. The van der Waals surface area contributed by atoms with Gasteiger partial charge in [-0.3, -0.25) is 4.57 Å². The Kier molecular flexibility index (Phi) is 4.56. The van der Waals surface area contributed by atoms with Crippen LogP contribution in [0.4, 0.5) is 0 Å². The van der Waals surface area contributed by atoms with Crippen LogP contribution in [0.1, 0.15) is 37.1 Å². The lowest BCUT2D eigenvalue weighted by Gasteiger charge is -2.14. The summed E-state index contributed by atoms with van der Waals surface area (Å²) in [6.07, 6.45) is 4.71. The molecule has 0 spiro atoms. The van der Waals surface area contributed by atoms with Crippen LogP contribution >= 0.6 is 15.9 Å². The van der Waals surface area contributed by atoms with Crippen molar-refractivity contribution in [2.45, 2.75) is 52.1 Å². The second-order valence-electron chi connectivity index (χ2n) is 4.97. The molecule has 1 atom stereocenters. The van der Waals surface area contributed by atoms with Gasteiger partial charge in [-0.1, -0.05) is 0 Å². The van der Waals surface area contributed by atoms with Crippen molar-refractivity contribution in [3.8, 4) is 0 Å². The van der Waals surface area contributed by atoms with Crippen molar-refractivity contribution < 1.29 is 0 Å². The molecule has 0 aromatic carbocycles. The van der Waals surface area contributed by atoms with Gasteiger partial charge in [0, 0.05) is 18.3 Å². The summed E-state index contributed by atoms with van der Waals surface area (Å²) in [6, 6.07) is 0.642. The van der Waals surface area contributed by atoms with Crippen LogP contribution in [-0.2, 0) is 6.54 Å². The number of hydrogen-bond donors (Lipinski definition) is 1. The lowest BCUT2D eigenvalue weighted by molar-refractivity contribution is 0.488. The molecule has 1 aliphatic heterocycles. The van der Waals surface area contributed by atoms with Crippen LogP contribution in [0.2, 0.25) is 0 Å². The zero-order valence-electron chi connectivity index (χ0n) is 11.0. The van der Waals surface area contributed by atoms with Crippen molar-refractivity contribution >= 4 is 15.9 Å². The van der Waals surface area contributed by atoms with Gasteiger partial charge < -0.3 is 5.32 Å². The average Bonchev–Trinajstić information content (AvgIpc) is 2.84.